The van der Waals surface area contributed by atoms with Gasteiger partial charge in [0, 0.05) is 11.8 Å². The van der Waals surface area contributed by atoms with E-state index in [9.17, 15) is 0 Å². The zero-order valence-electron chi connectivity index (χ0n) is 6.80. The van der Waals surface area contributed by atoms with Crippen molar-refractivity contribution in [1.29, 1.82) is 0 Å². The molecule has 1 aromatic heterocycles. The van der Waals surface area contributed by atoms with Gasteiger partial charge in [-0.1, -0.05) is 42.1 Å². The van der Waals surface area contributed by atoms with Crippen LogP contribution < -0.4 is 0 Å². The molecule has 1 radical (unpaired) electrons. The largest absolute Gasteiger partial charge is 0.208 e. The van der Waals surface area contributed by atoms with E-state index < -0.39 is 0 Å². The molecule has 0 aliphatic carbocycles. The van der Waals surface area contributed by atoms with Crippen molar-refractivity contribution in [3.63, 3.8) is 0 Å². The molecule has 1 aromatic carbocycles. The highest BCUT2D eigenvalue weighted by Gasteiger charge is 2.03. The van der Waals surface area contributed by atoms with Gasteiger partial charge in [-0.25, -0.2) is 4.98 Å². The first-order valence-corrected chi connectivity index (χ1v) is 5.47. The van der Waals surface area contributed by atoms with Gasteiger partial charge in [0.25, 0.3) is 0 Å². The monoisotopic (exact) mass is 207 g/mol. The fourth-order valence-corrected chi connectivity index (χ4v) is 1.88. The highest BCUT2D eigenvalue weighted by Crippen LogP contribution is 2.23. The minimum Gasteiger partial charge on any atom is -0.208 e. The summed E-state index contributed by atoms with van der Waals surface area (Å²) in [6.07, 6.45) is 3.69. The van der Waals surface area contributed by atoms with Crippen molar-refractivity contribution in [2.45, 2.75) is 4.34 Å². The lowest BCUT2D eigenvalue weighted by Crippen LogP contribution is -1.78. The van der Waals surface area contributed by atoms with Crippen molar-refractivity contribution < 1.29 is 0 Å². The van der Waals surface area contributed by atoms with E-state index in [1.165, 1.54) is 23.3 Å². The third-order valence-electron chi connectivity index (χ3n) is 1.56. The Balaban J connectivity index is 2.36. The molecule has 0 atom stereocenters. The zero-order valence-corrected chi connectivity index (χ0v) is 8.44. The molecule has 65 valence electrons. The van der Waals surface area contributed by atoms with Crippen LogP contribution in [-0.2, 0) is 0 Å². The lowest BCUT2D eigenvalue weighted by molar-refractivity contribution is 1.22. The minimum absolute atomic E-state index is 0.789. The third-order valence-corrected chi connectivity index (χ3v) is 2.99. The van der Waals surface area contributed by atoms with Crippen LogP contribution in [0.5, 0.6) is 0 Å². The van der Waals surface area contributed by atoms with Crippen molar-refractivity contribution in [2.75, 3.05) is 0 Å². The van der Waals surface area contributed by atoms with Crippen molar-refractivity contribution >= 4 is 23.3 Å². The van der Waals surface area contributed by atoms with Gasteiger partial charge in [0.05, 0.1) is 0 Å². The normalized spacial score (nSPS) is 10.2. The number of hydrogen-bond acceptors (Lipinski definition) is 4. The molecule has 0 saturated heterocycles. The maximum Gasteiger partial charge on any atom is 0.174 e. The Morgan fingerprint density at radius 3 is 2.62 bits per heavy atom. The first kappa shape index (κ1) is 8.72. The molecule has 0 spiro atoms. The number of hydrogen-bond donors (Lipinski definition) is 0. The van der Waals surface area contributed by atoms with E-state index in [2.05, 4.69) is 15.6 Å². The van der Waals surface area contributed by atoms with Crippen LogP contribution >= 0.6 is 23.3 Å². The molecule has 0 unspecified atom stereocenters. The van der Waals surface area contributed by atoms with Gasteiger partial charge in [0.2, 0.25) is 0 Å². The van der Waals surface area contributed by atoms with Crippen LogP contribution in [0, 0.1) is 6.26 Å². The van der Waals surface area contributed by atoms with E-state index in [0.717, 1.165) is 15.7 Å². The Morgan fingerprint density at radius 2 is 2.00 bits per heavy atom. The van der Waals surface area contributed by atoms with Gasteiger partial charge in [0.15, 0.2) is 10.2 Å². The summed E-state index contributed by atoms with van der Waals surface area (Å²) in [7, 11) is 0. The summed E-state index contributed by atoms with van der Waals surface area (Å²) in [4.78, 5) is 4.31. The van der Waals surface area contributed by atoms with Crippen LogP contribution in [0.25, 0.3) is 11.4 Å². The Morgan fingerprint density at radius 1 is 1.23 bits per heavy atom. The lowest BCUT2D eigenvalue weighted by atomic mass is 10.2. The second-order valence-electron chi connectivity index (χ2n) is 2.39. The van der Waals surface area contributed by atoms with Gasteiger partial charge in [0.1, 0.15) is 0 Å². The SMILES string of the molecule is [CH2]Sc1nc(-c2ccccc2)ns1. The summed E-state index contributed by atoms with van der Waals surface area (Å²) in [5, 5.41) is 0. The van der Waals surface area contributed by atoms with Crippen LogP contribution in [0.15, 0.2) is 34.7 Å². The van der Waals surface area contributed by atoms with Gasteiger partial charge in [-0.15, -0.1) is 0 Å². The van der Waals surface area contributed by atoms with E-state index in [4.69, 9.17) is 0 Å². The van der Waals surface area contributed by atoms with Gasteiger partial charge < -0.3 is 0 Å². The average Bonchev–Trinajstić information content (AvgIpc) is 2.67. The predicted octanol–water partition coefficient (Wildman–Crippen LogP) is 3.09. The maximum atomic E-state index is 4.31. The second-order valence-corrected chi connectivity index (χ2v) is 4.08. The molecule has 0 fully saturated rings. The van der Waals surface area contributed by atoms with Crippen LogP contribution in [0.1, 0.15) is 0 Å². The standard InChI is InChI=1S/C9H7N2S2/c1-12-9-10-8(11-13-9)7-5-3-2-4-6-7/h2-6H,1H2. The smallest absolute Gasteiger partial charge is 0.174 e. The minimum atomic E-state index is 0.789. The Hall–Kier alpha value is -0.870. The van der Waals surface area contributed by atoms with Gasteiger partial charge in [-0.3, -0.25) is 0 Å². The molecule has 0 N–H and O–H groups in total. The topological polar surface area (TPSA) is 25.8 Å². The molecular weight excluding hydrogens is 200 g/mol. The fourth-order valence-electron chi connectivity index (χ4n) is 0.973. The molecule has 2 aromatic rings. The van der Waals surface area contributed by atoms with E-state index in [1.54, 1.807) is 0 Å². The summed E-state index contributed by atoms with van der Waals surface area (Å²) in [5.41, 5.74) is 1.05. The first-order chi connectivity index (χ1) is 6.40. The van der Waals surface area contributed by atoms with E-state index >= 15 is 0 Å². The second kappa shape index (κ2) is 3.89. The summed E-state index contributed by atoms with van der Waals surface area (Å²) in [5.74, 6) is 0.789. The van der Waals surface area contributed by atoms with Crippen molar-refractivity contribution in [2.24, 2.45) is 0 Å². The van der Waals surface area contributed by atoms with E-state index in [1.807, 2.05) is 30.3 Å². The summed E-state index contributed by atoms with van der Waals surface area (Å²) >= 11 is 2.76. The molecule has 1 heterocycles. The highest BCUT2D eigenvalue weighted by molar-refractivity contribution is 8.02. The molecule has 13 heavy (non-hydrogen) atoms. The van der Waals surface area contributed by atoms with E-state index in [0.29, 0.717) is 0 Å². The van der Waals surface area contributed by atoms with Crippen LogP contribution in [0.4, 0.5) is 0 Å². The number of rotatable bonds is 2. The zero-order chi connectivity index (χ0) is 9.10. The number of nitrogens with zero attached hydrogens (tertiary/aromatic N) is 2. The highest BCUT2D eigenvalue weighted by atomic mass is 32.2. The average molecular weight is 207 g/mol. The van der Waals surface area contributed by atoms with Crippen molar-refractivity contribution in [3.8, 4) is 11.4 Å². The quantitative estimate of drug-likeness (QED) is 0.708. The number of aromatic nitrogens is 2. The fraction of sp³-hybridized carbons (Fsp3) is 0. The summed E-state index contributed by atoms with van der Waals surface area (Å²) < 4.78 is 5.13. The first-order valence-electron chi connectivity index (χ1n) is 3.71. The Bertz CT molecular complexity index is 384. The molecule has 0 aliphatic rings. The summed E-state index contributed by atoms with van der Waals surface area (Å²) in [6, 6.07) is 9.94. The lowest BCUT2D eigenvalue weighted by Gasteiger charge is -1.91. The molecule has 4 heteroatoms. The van der Waals surface area contributed by atoms with Crippen LogP contribution in [0.2, 0.25) is 0 Å². The molecular formula is C9H7N2S2. The molecule has 2 nitrogen and oxygen atoms in total. The van der Waals surface area contributed by atoms with E-state index in [-0.39, 0.29) is 0 Å². The summed E-state index contributed by atoms with van der Waals surface area (Å²) in [6.45, 7) is 0. The maximum absolute atomic E-state index is 4.31. The van der Waals surface area contributed by atoms with Gasteiger partial charge >= 0.3 is 0 Å². The van der Waals surface area contributed by atoms with Crippen molar-refractivity contribution in [3.05, 3.63) is 36.6 Å². The Labute approximate surface area is 85.2 Å². The van der Waals surface area contributed by atoms with Crippen LogP contribution in [0.3, 0.4) is 0 Å². The molecule has 0 bridgehead atoms. The Kier molecular flexibility index (Phi) is 2.61. The third kappa shape index (κ3) is 1.89. The molecule has 2 rings (SSSR count). The molecule has 0 aliphatic heterocycles. The predicted molar refractivity (Wildman–Crippen MR) is 56.6 cm³/mol. The van der Waals surface area contributed by atoms with Gasteiger partial charge in [-0.2, -0.15) is 4.37 Å². The van der Waals surface area contributed by atoms with Crippen molar-refractivity contribution in [1.82, 2.24) is 9.36 Å². The number of thioether (sulfide) groups is 1. The molecule has 0 saturated carbocycles. The molecule has 0 amide bonds. The number of benzene rings is 1. The van der Waals surface area contributed by atoms with Crippen LogP contribution in [-0.4, -0.2) is 9.36 Å². The van der Waals surface area contributed by atoms with Gasteiger partial charge in [-0.05, 0) is 11.5 Å².